The van der Waals surface area contributed by atoms with Crippen LogP contribution in [0.4, 0.5) is 0 Å². The molecule has 0 heterocycles. The Morgan fingerprint density at radius 2 is 1.88 bits per heavy atom. The molecule has 5 nitrogen and oxygen atoms in total. The highest BCUT2D eigenvalue weighted by molar-refractivity contribution is 5.78. The largest absolute Gasteiger partial charge is 0.382 e. The van der Waals surface area contributed by atoms with Gasteiger partial charge < -0.3 is 20.1 Å². The van der Waals surface area contributed by atoms with Crippen molar-refractivity contribution in [1.29, 1.82) is 0 Å². The van der Waals surface area contributed by atoms with Crippen LogP contribution in [-0.4, -0.2) is 52.0 Å². The van der Waals surface area contributed by atoms with Crippen molar-refractivity contribution < 1.29 is 14.3 Å². The molecule has 0 saturated heterocycles. The minimum absolute atomic E-state index is 0.0130. The highest BCUT2D eigenvalue weighted by Gasteiger charge is 2.10. The number of nitrogens with one attached hydrogen (secondary N) is 2. The van der Waals surface area contributed by atoms with Gasteiger partial charge in [0.2, 0.25) is 5.91 Å². The molecule has 102 valence electrons. The first-order chi connectivity index (χ1) is 8.17. The van der Waals surface area contributed by atoms with E-state index in [-0.39, 0.29) is 18.1 Å². The maximum atomic E-state index is 11.6. The molecule has 0 spiro atoms. The first kappa shape index (κ1) is 16.4. The summed E-state index contributed by atoms with van der Waals surface area (Å²) in [5.74, 6) is 0.0333. The van der Waals surface area contributed by atoms with E-state index in [9.17, 15) is 4.79 Å². The summed E-state index contributed by atoms with van der Waals surface area (Å²) in [5.41, 5.74) is 0. The Morgan fingerprint density at radius 3 is 2.35 bits per heavy atom. The van der Waals surface area contributed by atoms with Gasteiger partial charge in [-0.1, -0.05) is 13.8 Å². The Balaban J connectivity index is 3.69. The van der Waals surface area contributed by atoms with Crippen LogP contribution in [0.5, 0.6) is 0 Å². The molecular formula is C12H26N2O3. The summed E-state index contributed by atoms with van der Waals surface area (Å²) in [4.78, 5) is 11.6. The second-order valence-corrected chi connectivity index (χ2v) is 4.02. The smallest absolute Gasteiger partial charge is 0.234 e. The summed E-state index contributed by atoms with van der Waals surface area (Å²) in [6.45, 7) is 5.60. The predicted molar refractivity (Wildman–Crippen MR) is 68.1 cm³/mol. The monoisotopic (exact) mass is 246 g/mol. The zero-order valence-corrected chi connectivity index (χ0v) is 11.4. The number of ether oxygens (including phenoxy) is 2. The second kappa shape index (κ2) is 10.5. The van der Waals surface area contributed by atoms with Crippen LogP contribution < -0.4 is 10.6 Å². The lowest BCUT2D eigenvalue weighted by molar-refractivity contribution is -0.121. The quantitative estimate of drug-likeness (QED) is 0.591. The summed E-state index contributed by atoms with van der Waals surface area (Å²) in [6, 6.07) is 0.279. The average molecular weight is 246 g/mol. The molecule has 0 fully saturated rings. The van der Waals surface area contributed by atoms with Crippen LogP contribution in [0.25, 0.3) is 0 Å². The van der Waals surface area contributed by atoms with Gasteiger partial charge in [0.15, 0.2) is 0 Å². The molecule has 0 rings (SSSR count). The zero-order chi connectivity index (χ0) is 13.1. The Hall–Kier alpha value is -0.650. The van der Waals surface area contributed by atoms with Crippen molar-refractivity contribution in [3.63, 3.8) is 0 Å². The predicted octanol–water partition coefficient (Wildman–Crippen LogP) is 0.542. The van der Waals surface area contributed by atoms with Crippen LogP contribution in [0.3, 0.4) is 0 Å². The maximum Gasteiger partial charge on any atom is 0.234 e. The van der Waals surface area contributed by atoms with E-state index in [1.807, 2.05) is 0 Å². The van der Waals surface area contributed by atoms with Crippen molar-refractivity contribution in [2.45, 2.75) is 38.8 Å². The third kappa shape index (κ3) is 8.12. The maximum absolute atomic E-state index is 11.6. The van der Waals surface area contributed by atoms with E-state index >= 15 is 0 Å². The molecule has 0 saturated carbocycles. The van der Waals surface area contributed by atoms with E-state index in [1.54, 1.807) is 14.2 Å². The molecule has 0 aromatic rings. The molecule has 2 N–H and O–H groups in total. The number of hydrogen-bond donors (Lipinski definition) is 2. The van der Waals surface area contributed by atoms with Crippen molar-refractivity contribution >= 4 is 5.91 Å². The number of rotatable bonds is 10. The molecule has 17 heavy (non-hydrogen) atoms. The van der Waals surface area contributed by atoms with Crippen LogP contribution in [0.2, 0.25) is 0 Å². The van der Waals surface area contributed by atoms with Gasteiger partial charge in [-0.3, -0.25) is 4.79 Å². The lowest BCUT2D eigenvalue weighted by Crippen LogP contribution is -2.42. The molecule has 0 aliphatic heterocycles. The molecule has 0 aromatic heterocycles. The topological polar surface area (TPSA) is 59.6 Å². The fraction of sp³-hybridized carbons (Fsp3) is 0.917. The highest BCUT2D eigenvalue weighted by atomic mass is 16.5. The van der Waals surface area contributed by atoms with Gasteiger partial charge in [0, 0.05) is 26.8 Å². The molecule has 5 heteroatoms. The number of hydrogen-bond acceptors (Lipinski definition) is 4. The van der Waals surface area contributed by atoms with Crippen molar-refractivity contribution in [2.75, 3.05) is 33.9 Å². The van der Waals surface area contributed by atoms with Crippen LogP contribution in [0.15, 0.2) is 0 Å². The van der Waals surface area contributed by atoms with Gasteiger partial charge in [-0.2, -0.15) is 0 Å². The summed E-state index contributed by atoms with van der Waals surface area (Å²) in [6.07, 6.45) is 1.92. The Morgan fingerprint density at radius 1 is 1.24 bits per heavy atom. The van der Waals surface area contributed by atoms with E-state index in [0.717, 1.165) is 12.8 Å². The third-order valence-electron chi connectivity index (χ3n) is 2.69. The Bertz CT molecular complexity index is 196. The van der Waals surface area contributed by atoms with E-state index in [4.69, 9.17) is 9.47 Å². The molecule has 0 bridgehead atoms. The van der Waals surface area contributed by atoms with Crippen LogP contribution in [0, 0.1) is 0 Å². The minimum atomic E-state index is -0.0130. The molecule has 0 radical (unpaired) electrons. The minimum Gasteiger partial charge on any atom is -0.382 e. The van der Waals surface area contributed by atoms with Gasteiger partial charge in [-0.25, -0.2) is 0 Å². The summed E-state index contributed by atoms with van der Waals surface area (Å²) in [7, 11) is 3.27. The average Bonchev–Trinajstić information content (AvgIpc) is 2.34. The molecular weight excluding hydrogens is 220 g/mol. The SMILES string of the molecule is CCC(CC)NC(=O)CNCC(COC)OC. The van der Waals surface area contributed by atoms with Crippen molar-refractivity contribution in [3.8, 4) is 0 Å². The summed E-state index contributed by atoms with van der Waals surface area (Å²) >= 11 is 0. The molecule has 1 atom stereocenters. The summed E-state index contributed by atoms with van der Waals surface area (Å²) in [5, 5.41) is 6.02. The first-order valence-electron chi connectivity index (χ1n) is 6.19. The van der Waals surface area contributed by atoms with Crippen LogP contribution >= 0.6 is 0 Å². The fourth-order valence-electron chi connectivity index (χ4n) is 1.51. The lowest BCUT2D eigenvalue weighted by Gasteiger charge is -2.17. The van der Waals surface area contributed by atoms with Gasteiger partial charge in [-0.05, 0) is 12.8 Å². The highest BCUT2D eigenvalue weighted by Crippen LogP contribution is 1.95. The molecule has 0 aliphatic rings. The molecule has 0 aromatic carbocycles. The van der Waals surface area contributed by atoms with Crippen molar-refractivity contribution in [3.05, 3.63) is 0 Å². The normalized spacial score (nSPS) is 12.8. The standard InChI is InChI=1S/C12H26N2O3/c1-5-10(6-2)14-12(15)8-13-7-11(17-4)9-16-3/h10-11,13H,5-9H2,1-4H3,(H,14,15). The summed E-state index contributed by atoms with van der Waals surface area (Å²) < 4.78 is 10.2. The van der Waals surface area contributed by atoms with E-state index in [1.165, 1.54) is 0 Å². The van der Waals surface area contributed by atoms with Gasteiger partial charge >= 0.3 is 0 Å². The number of carbonyl (C=O) groups excluding carboxylic acids is 1. The fourth-order valence-corrected chi connectivity index (χ4v) is 1.51. The van der Waals surface area contributed by atoms with Crippen molar-refractivity contribution in [1.82, 2.24) is 10.6 Å². The third-order valence-corrected chi connectivity index (χ3v) is 2.69. The number of carbonyl (C=O) groups is 1. The first-order valence-corrected chi connectivity index (χ1v) is 6.19. The zero-order valence-electron chi connectivity index (χ0n) is 11.4. The number of methoxy groups -OCH3 is 2. The molecule has 1 amide bonds. The second-order valence-electron chi connectivity index (χ2n) is 4.02. The van der Waals surface area contributed by atoms with Crippen molar-refractivity contribution in [2.24, 2.45) is 0 Å². The van der Waals surface area contributed by atoms with E-state index in [2.05, 4.69) is 24.5 Å². The molecule has 0 aliphatic carbocycles. The van der Waals surface area contributed by atoms with Crippen LogP contribution in [-0.2, 0) is 14.3 Å². The lowest BCUT2D eigenvalue weighted by atomic mass is 10.2. The van der Waals surface area contributed by atoms with E-state index < -0.39 is 0 Å². The van der Waals surface area contributed by atoms with E-state index in [0.29, 0.717) is 19.7 Å². The van der Waals surface area contributed by atoms with Gasteiger partial charge in [0.05, 0.1) is 19.3 Å². The van der Waals surface area contributed by atoms with Gasteiger partial charge in [0.1, 0.15) is 0 Å². The van der Waals surface area contributed by atoms with Gasteiger partial charge in [-0.15, -0.1) is 0 Å². The Kier molecular flexibility index (Phi) is 10.1. The van der Waals surface area contributed by atoms with Gasteiger partial charge in [0.25, 0.3) is 0 Å². The van der Waals surface area contributed by atoms with Crippen LogP contribution in [0.1, 0.15) is 26.7 Å². The molecule has 1 unspecified atom stereocenters. The number of amides is 1. The Labute approximate surface area is 104 Å².